The maximum absolute atomic E-state index is 13.0. The molecule has 7 nitrogen and oxygen atoms in total. The quantitative estimate of drug-likeness (QED) is 0.684. The number of rotatable bonds is 4. The molecule has 160 valence electrons. The highest BCUT2D eigenvalue weighted by Crippen LogP contribution is 2.36. The monoisotopic (exact) mass is 459 g/mol. The molecule has 1 fully saturated rings. The summed E-state index contributed by atoms with van der Waals surface area (Å²) in [5, 5.41) is 2.90. The second kappa shape index (κ2) is 7.66. The zero-order chi connectivity index (χ0) is 22.5. The third-order valence-corrected chi connectivity index (χ3v) is 6.84. The summed E-state index contributed by atoms with van der Waals surface area (Å²) in [6, 6.07) is 8.38. The SMILES string of the molecule is CC1(N2Cc3cc(Cc4c(C(N)=O)ccc(Cl)c4Cl)ccc3C2=O)CCC(=O)NC1=O. The summed E-state index contributed by atoms with van der Waals surface area (Å²) in [4.78, 5) is 50.4. The number of carbonyl (C=O) groups is 4. The van der Waals surface area contributed by atoms with Crippen molar-refractivity contribution in [2.45, 2.75) is 38.3 Å². The van der Waals surface area contributed by atoms with E-state index >= 15 is 0 Å². The number of primary amides is 1. The molecule has 1 saturated heterocycles. The van der Waals surface area contributed by atoms with Gasteiger partial charge in [-0.05, 0) is 54.7 Å². The zero-order valence-electron chi connectivity index (χ0n) is 16.6. The van der Waals surface area contributed by atoms with E-state index in [1.54, 1.807) is 19.1 Å². The van der Waals surface area contributed by atoms with Gasteiger partial charge in [-0.3, -0.25) is 24.5 Å². The Morgan fingerprint density at radius 3 is 2.61 bits per heavy atom. The molecule has 0 radical (unpaired) electrons. The third kappa shape index (κ3) is 3.58. The molecule has 0 aliphatic carbocycles. The van der Waals surface area contributed by atoms with Crippen LogP contribution in [0.2, 0.25) is 10.0 Å². The van der Waals surface area contributed by atoms with Gasteiger partial charge < -0.3 is 10.6 Å². The fourth-order valence-electron chi connectivity index (χ4n) is 4.13. The van der Waals surface area contributed by atoms with Gasteiger partial charge in [0, 0.05) is 24.1 Å². The smallest absolute Gasteiger partial charge is 0.255 e. The van der Waals surface area contributed by atoms with E-state index in [9.17, 15) is 19.2 Å². The van der Waals surface area contributed by atoms with Crippen molar-refractivity contribution in [3.63, 3.8) is 0 Å². The van der Waals surface area contributed by atoms with E-state index in [4.69, 9.17) is 28.9 Å². The summed E-state index contributed by atoms with van der Waals surface area (Å²) < 4.78 is 0. The average Bonchev–Trinajstić information content (AvgIpc) is 3.05. The summed E-state index contributed by atoms with van der Waals surface area (Å²) in [7, 11) is 0. The minimum Gasteiger partial charge on any atom is -0.366 e. The number of hydrogen-bond donors (Lipinski definition) is 2. The standard InChI is InChI=1S/C22H19Cl2N3O4/c1-22(7-6-17(28)26-21(22)31)27-10-12-8-11(2-3-13(12)20(27)30)9-15-14(19(25)29)4-5-16(23)18(15)24/h2-5,8H,6-7,9-10H2,1H3,(H2,25,29)(H,26,28,31). The van der Waals surface area contributed by atoms with Crippen molar-refractivity contribution >= 4 is 46.8 Å². The number of nitrogens with one attached hydrogen (secondary N) is 1. The Morgan fingerprint density at radius 2 is 1.94 bits per heavy atom. The minimum absolute atomic E-state index is 0.177. The van der Waals surface area contributed by atoms with Crippen molar-refractivity contribution in [3.05, 3.63) is 68.2 Å². The van der Waals surface area contributed by atoms with E-state index in [0.717, 1.165) is 11.1 Å². The van der Waals surface area contributed by atoms with Crippen molar-refractivity contribution in [2.75, 3.05) is 0 Å². The maximum Gasteiger partial charge on any atom is 0.255 e. The Hall–Kier alpha value is -2.90. The maximum atomic E-state index is 13.0. The summed E-state index contributed by atoms with van der Waals surface area (Å²) in [5.41, 5.74) is 7.25. The lowest BCUT2D eigenvalue weighted by Gasteiger charge is -2.39. The van der Waals surface area contributed by atoms with E-state index in [2.05, 4.69) is 5.32 Å². The summed E-state index contributed by atoms with van der Waals surface area (Å²) in [6.07, 6.45) is 0.743. The number of piperidine rings is 1. The van der Waals surface area contributed by atoms with Crippen LogP contribution in [0.15, 0.2) is 30.3 Å². The topological polar surface area (TPSA) is 110 Å². The number of nitrogens with zero attached hydrogens (tertiary/aromatic N) is 1. The Kier molecular flexibility index (Phi) is 5.27. The van der Waals surface area contributed by atoms with Gasteiger partial charge in [0.25, 0.3) is 11.8 Å². The molecule has 2 aliphatic heterocycles. The molecule has 4 rings (SSSR count). The van der Waals surface area contributed by atoms with Gasteiger partial charge >= 0.3 is 0 Å². The molecular formula is C22H19Cl2N3O4. The number of amides is 4. The van der Waals surface area contributed by atoms with Crippen molar-refractivity contribution in [3.8, 4) is 0 Å². The van der Waals surface area contributed by atoms with Gasteiger partial charge in [0.2, 0.25) is 11.8 Å². The van der Waals surface area contributed by atoms with Crippen LogP contribution in [-0.2, 0) is 22.6 Å². The highest BCUT2D eigenvalue weighted by molar-refractivity contribution is 6.42. The predicted octanol–water partition coefficient (Wildman–Crippen LogP) is 2.83. The molecular weight excluding hydrogens is 441 g/mol. The molecule has 2 aromatic carbocycles. The Morgan fingerprint density at radius 1 is 1.19 bits per heavy atom. The summed E-state index contributed by atoms with van der Waals surface area (Å²) in [5.74, 6) is -1.67. The van der Waals surface area contributed by atoms with Gasteiger partial charge in [-0.1, -0.05) is 35.3 Å². The lowest BCUT2D eigenvalue weighted by molar-refractivity contribution is -0.142. The van der Waals surface area contributed by atoms with E-state index in [-0.39, 0.29) is 41.8 Å². The minimum atomic E-state index is -1.10. The highest BCUT2D eigenvalue weighted by Gasteiger charge is 2.48. The molecule has 2 aromatic rings. The van der Waals surface area contributed by atoms with Crippen LogP contribution in [0.1, 0.15) is 57.2 Å². The molecule has 0 spiro atoms. The van der Waals surface area contributed by atoms with Gasteiger partial charge in [-0.2, -0.15) is 0 Å². The number of imide groups is 1. The van der Waals surface area contributed by atoms with E-state index in [0.29, 0.717) is 22.6 Å². The zero-order valence-corrected chi connectivity index (χ0v) is 18.1. The number of fused-ring (bicyclic) bond motifs is 1. The lowest BCUT2D eigenvalue weighted by atomic mass is 9.89. The van der Waals surface area contributed by atoms with Gasteiger partial charge in [-0.25, -0.2) is 0 Å². The molecule has 0 bridgehead atoms. The lowest BCUT2D eigenvalue weighted by Crippen LogP contribution is -2.61. The molecule has 4 amide bonds. The first kappa shape index (κ1) is 21.3. The van der Waals surface area contributed by atoms with Gasteiger partial charge in [0.1, 0.15) is 5.54 Å². The fraction of sp³-hybridized carbons (Fsp3) is 0.273. The van der Waals surface area contributed by atoms with E-state index in [1.807, 2.05) is 6.07 Å². The molecule has 1 unspecified atom stereocenters. The summed E-state index contributed by atoms with van der Waals surface area (Å²) >= 11 is 12.4. The first-order valence-electron chi connectivity index (χ1n) is 9.66. The second-order valence-corrected chi connectivity index (χ2v) is 8.75. The van der Waals surface area contributed by atoms with Crippen molar-refractivity contribution in [2.24, 2.45) is 5.73 Å². The Labute approximate surface area is 188 Å². The fourth-order valence-corrected chi connectivity index (χ4v) is 4.54. The Bertz CT molecular complexity index is 1160. The van der Waals surface area contributed by atoms with E-state index in [1.165, 1.54) is 17.0 Å². The normalized spacial score (nSPS) is 20.6. The number of nitrogens with two attached hydrogens (primary N) is 1. The number of halogens is 2. The number of carbonyl (C=O) groups excluding carboxylic acids is 4. The second-order valence-electron chi connectivity index (χ2n) is 7.96. The van der Waals surface area contributed by atoms with E-state index < -0.39 is 17.4 Å². The largest absolute Gasteiger partial charge is 0.366 e. The van der Waals surface area contributed by atoms with Gasteiger partial charge in [-0.15, -0.1) is 0 Å². The van der Waals surface area contributed by atoms with Crippen LogP contribution in [-0.4, -0.2) is 34.1 Å². The van der Waals surface area contributed by atoms with Gasteiger partial charge in [0.05, 0.1) is 10.0 Å². The molecule has 31 heavy (non-hydrogen) atoms. The van der Waals surface area contributed by atoms with Crippen LogP contribution in [0.5, 0.6) is 0 Å². The highest BCUT2D eigenvalue weighted by atomic mass is 35.5. The predicted molar refractivity (Wildman–Crippen MR) is 115 cm³/mol. The van der Waals surface area contributed by atoms with Crippen molar-refractivity contribution in [1.29, 1.82) is 0 Å². The summed E-state index contributed by atoms with van der Waals surface area (Å²) in [6.45, 7) is 1.91. The molecule has 2 aliphatic rings. The molecule has 0 aromatic heterocycles. The third-order valence-electron chi connectivity index (χ3n) is 5.99. The molecule has 0 saturated carbocycles. The van der Waals surface area contributed by atoms with Crippen LogP contribution in [0.3, 0.4) is 0 Å². The van der Waals surface area contributed by atoms with Crippen LogP contribution < -0.4 is 11.1 Å². The van der Waals surface area contributed by atoms with Crippen molar-refractivity contribution in [1.82, 2.24) is 10.2 Å². The molecule has 1 atom stereocenters. The molecule has 3 N–H and O–H groups in total. The van der Waals surface area contributed by atoms with Crippen LogP contribution in [0, 0.1) is 0 Å². The van der Waals surface area contributed by atoms with Gasteiger partial charge in [0.15, 0.2) is 0 Å². The first-order valence-corrected chi connectivity index (χ1v) is 10.4. The number of benzene rings is 2. The van der Waals surface area contributed by atoms with Crippen LogP contribution in [0.4, 0.5) is 0 Å². The molecule has 2 heterocycles. The Balaban J connectivity index is 1.65. The molecule has 9 heteroatoms. The van der Waals surface area contributed by atoms with Crippen molar-refractivity contribution < 1.29 is 19.2 Å². The number of hydrogen-bond acceptors (Lipinski definition) is 4. The first-order chi connectivity index (χ1) is 14.6. The average molecular weight is 460 g/mol. The van der Waals surface area contributed by atoms with Crippen LogP contribution >= 0.6 is 23.2 Å². The van der Waals surface area contributed by atoms with Crippen LogP contribution in [0.25, 0.3) is 0 Å².